The van der Waals surface area contributed by atoms with Gasteiger partial charge in [-0.25, -0.2) is 0 Å². The van der Waals surface area contributed by atoms with E-state index in [0.717, 1.165) is 22.2 Å². The summed E-state index contributed by atoms with van der Waals surface area (Å²) in [4.78, 5) is 16.1. The van der Waals surface area contributed by atoms with E-state index in [1.165, 1.54) is 0 Å². The summed E-state index contributed by atoms with van der Waals surface area (Å²) in [5, 5.41) is 0.834. The van der Waals surface area contributed by atoms with Gasteiger partial charge in [0.2, 0.25) is 5.91 Å². The number of aromatic nitrogens is 1. The second-order valence-corrected chi connectivity index (χ2v) is 5.63. The van der Waals surface area contributed by atoms with Crippen molar-refractivity contribution >= 4 is 16.8 Å². The Morgan fingerprint density at radius 1 is 1.28 bits per heavy atom. The highest BCUT2D eigenvalue weighted by Gasteiger charge is 2.19. The van der Waals surface area contributed by atoms with Crippen molar-refractivity contribution in [3.05, 3.63) is 41.1 Å². The molecule has 0 unspecified atom stereocenters. The molecular formula is C15H18N2O. The largest absolute Gasteiger partial charge is 0.366 e. The molecular weight excluding hydrogens is 224 g/mol. The Kier molecular flexibility index (Phi) is 2.85. The summed E-state index contributed by atoms with van der Waals surface area (Å²) >= 11 is 0. The van der Waals surface area contributed by atoms with Crippen molar-refractivity contribution in [2.24, 2.45) is 5.73 Å². The van der Waals surface area contributed by atoms with Gasteiger partial charge in [0.25, 0.3) is 0 Å². The van der Waals surface area contributed by atoms with Crippen LogP contribution < -0.4 is 5.73 Å². The van der Waals surface area contributed by atoms with Crippen LogP contribution in [0.2, 0.25) is 0 Å². The van der Waals surface area contributed by atoms with Gasteiger partial charge in [-0.1, -0.05) is 39.0 Å². The molecule has 0 aliphatic heterocycles. The Labute approximate surface area is 107 Å². The number of hydrogen-bond acceptors (Lipinski definition) is 2. The monoisotopic (exact) mass is 242 g/mol. The summed E-state index contributed by atoms with van der Waals surface area (Å²) < 4.78 is 0. The number of benzene rings is 1. The highest BCUT2D eigenvalue weighted by atomic mass is 16.1. The first-order valence-corrected chi connectivity index (χ1v) is 6.01. The molecule has 2 rings (SSSR count). The third-order valence-electron chi connectivity index (χ3n) is 3.04. The Morgan fingerprint density at radius 2 is 1.94 bits per heavy atom. The van der Waals surface area contributed by atoms with Crippen LogP contribution in [0.5, 0.6) is 0 Å². The van der Waals surface area contributed by atoms with Crippen molar-refractivity contribution < 1.29 is 4.79 Å². The van der Waals surface area contributed by atoms with Crippen molar-refractivity contribution in [1.29, 1.82) is 0 Å². The molecule has 1 amide bonds. The summed E-state index contributed by atoms with van der Waals surface area (Å²) in [6, 6.07) is 7.65. The van der Waals surface area contributed by atoms with Crippen LogP contribution in [0.15, 0.2) is 24.3 Å². The Hall–Kier alpha value is -1.90. The van der Waals surface area contributed by atoms with Crippen molar-refractivity contribution in [2.75, 3.05) is 0 Å². The zero-order valence-electron chi connectivity index (χ0n) is 11.2. The van der Waals surface area contributed by atoms with E-state index >= 15 is 0 Å². The molecule has 2 N–H and O–H groups in total. The van der Waals surface area contributed by atoms with Crippen LogP contribution in [0.3, 0.4) is 0 Å². The molecule has 3 nitrogen and oxygen atoms in total. The van der Waals surface area contributed by atoms with Crippen LogP contribution in [0, 0.1) is 6.92 Å². The van der Waals surface area contributed by atoms with Crippen LogP contribution >= 0.6 is 0 Å². The molecule has 0 bridgehead atoms. The van der Waals surface area contributed by atoms with Crippen molar-refractivity contribution in [3.8, 4) is 0 Å². The second kappa shape index (κ2) is 4.09. The van der Waals surface area contributed by atoms with E-state index in [1.54, 1.807) is 6.07 Å². The molecule has 94 valence electrons. The molecule has 0 saturated carbocycles. The van der Waals surface area contributed by atoms with Gasteiger partial charge in [0.15, 0.2) is 0 Å². The minimum Gasteiger partial charge on any atom is -0.366 e. The maximum absolute atomic E-state index is 11.5. The van der Waals surface area contributed by atoms with Crippen LogP contribution in [0.25, 0.3) is 10.9 Å². The van der Waals surface area contributed by atoms with Crippen molar-refractivity contribution in [2.45, 2.75) is 33.1 Å². The van der Waals surface area contributed by atoms with Crippen molar-refractivity contribution in [3.63, 3.8) is 0 Å². The van der Waals surface area contributed by atoms with Gasteiger partial charge in [-0.2, -0.15) is 0 Å². The van der Waals surface area contributed by atoms with Crippen LogP contribution in [-0.4, -0.2) is 10.9 Å². The second-order valence-electron chi connectivity index (χ2n) is 5.63. The lowest BCUT2D eigenvalue weighted by Crippen LogP contribution is -2.15. The summed E-state index contributed by atoms with van der Waals surface area (Å²) in [5.41, 5.74) is 8.79. The van der Waals surface area contributed by atoms with Gasteiger partial charge < -0.3 is 5.73 Å². The smallest absolute Gasteiger partial charge is 0.249 e. The highest BCUT2D eigenvalue weighted by Crippen LogP contribution is 2.30. The lowest BCUT2D eigenvalue weighted by molar-refractivity contribution is 0.100. The lowest BCUT2D eigenvalue weighted by atomic mass is 9.85. The third-order valence-corrected chi connectivity index (χ3v) is 3.04. The van der Waals surface area contributed by atoms with E-state index in [2.05, 4.69) is 31.8 Å². The SMILES string of the molecule is Cc1cc(C(N)=O)c2cccc(C(C)(C)C)c2n1. The van der Waals surface area contributed by atoms with Crippen molar-refractivity contribution in [1.82, 2.24) is 4.98 Å². The summed E-state index contributed by atoms with van der Waals surface area (Å²) in [6.07, 6.45) is 0. The number of amides is 1. The molecule has 0 atom stereocenters. The van der Waals surface area contributed by atoms with E-state index in [-0.39, 0.29) is 5.41 Å². The van der Waals surface area contributed by atoms with Crippen LogP contribution in [-0.2, 0) is 5.41 Å². The number of pyridine rings is 1. The molecule has 0 spiro atoms. The molecule has 0 fully saturated rings. The first kappa shape index (κ1) is 12.6. The summed E-state index contributed by atoms with van der Waals surface area (Å²) in [6.45, 7) is 8.28. The summed E-state index contributed by atoms with van der Waals surface area (Å²) in [7, 11) is 0. The molecule has 0 aliphatic carbocycles. The maximum atomic E-state index is 11.5. The van der Waals surface area contributed by atoms with Crippen LogP contribution in [0.4, 0.5) is 0 Å². The maximum Gasteiger partial charge on any atom is 0.249 e. The van der Waals surface area contributed by atoms with Gasteiger partial charge >= 0.3 is 0 Å². The van der Waals surface area contributed by atoms with E-state index in [4.69, 9.17) is 5.73 Å². The van der Waals surface area contributed by atoms with E-state index in [0.29, 0.717) is 5.56 Å². The molecule has 3 heteroatoms. The van der Waals surface area contributed by atoms with E-state index in [1.807, 2.05) is 19.1 Å². The fraction of sp³-hybridized carbons (Fsp3) is 0.333. The topological polar surface area (TPSA) is 56.0 Å². The number of aryl methyl sites for hydroxylation is 1. The first-order valence-electron chi connectivity index (χ1n) is 6.01. The number of carbonyl (C=O) groups excluding carboxylic acids is 1. The molecule has 0 saturated heterocycles. The van der Waals surface area contributed by atoms with Gasteiger partial charge in [-0.15, -0.1) is 0 Å². The minimum atomic E-state index is -0.406. The fourth-order valence-electron chi connectivity index (χ4n) is 2.19. The number of fused-ring (bicyclic) bond motifs is 1. The normalized spacial score (nSPS) is 11.8. The summed E-state index contributed by atoms with van der Waals surface area (Å²) in [5.74, 6) is -0.406. The van der Waals surface area contributed by atoms with E-state index < -0.39 is 5.91 Å². The molecule has 18 heavy (non-hydrogen) atoms. The fourth-order valence-corrected chi connectivity index (χ4v) is 2.19. The molecule has 1 aromatic heterocycles. The number of primary amides is 1. The zero-order valence-corrected chi connectivity index (χ0v) is 11.2. The van der Waals surface area contributed by atoms with Gasteiger partial charge in [-0.3, -0.25) is 9.78 Å². The molecule has 0 radical (unpaired) electrons. The standard InChI is InChI=1S/C15H18N2O/c1-9-8-11(14(16)18)10-6-5-7-12(13(10)17-9)15(2,3)4/h5-8H,1-4H3,(H2,16,18). The molecule has 1 heterocycles. The Balaban J connectivity index is 2.90. The average molecular weight is 242 g/mol. The predicted molar refractivity (Wildman–Crippen MR) is 73.7 cm³/mol. The third kappa shape index (κ3) is 2.08. The molecule has 1 aromatic carbocycles. The first-order chi connectivity index (χ1) is 8.30. The van der Waals surface area contributed by atoms with Gasteiger partial charge in [0, 0.05) is 11.1 Å². The minimum absolute atomic E-state index is 0.0186. The number of nitrogens with zero attached hydrogens (tertiary/aromatic N) is 1. The Bertz CT molecular complexity index is 624. The zero-order chi connectivity index (χ0) is 13.5. The Morgan fingerprint density at radius 3 is 2.50 bits per heavy atom. The lowest BCUT2D eigenvalue weighted by Gasteiger charge is -2.21. The molecule has 2 aromatic rings. The predicted octanol–water partition coefficient (Wildman–Crippen LogP) is 2.94. The number of para-hydroxylation sites is 1. The average Bonchev–Trinajstić information content (AvgIpc) is 2.25. The molecule has 0 aliphatic rings. The van der Waals surface area contributed by atoms with Gasteiger partial charge in [0.1, 0.15) is 0 Å². The number of carbonyl (C=O) groups is 1. The van der Waals surface area contributed by atoms with Gasteiger partial charge in [0.05, 0.1) is 11.1 Å². The van der Waals surface area contributed by atoms with Crippen LogP contribution in [0.1, 0.15) is 42.4 Å². The highest BCUT2D eigenvalue weighted by molar-refractivity contribution is 6.06. The van der Waals surface area contributed by atoms with E-state index in [9.17, 15) is 4.79 Å². The number of rotatable bonds is 1. The van der Waals surface area contributed by atoms with Gasteiger partial charge in [-0.05, 0) is 24.0 Å². The quantitative estimate of drug-likeness (QED) is 0.835. The number of hydrogen-bond donors (Lipinski definition) is 1. The number of nitrogens with two attached hydrogens (primary N) is 1.